The van der Waals surface area contributed by atoms with Gasteiger partial charge in [-0.15, -0.1) is 0 Å². The van der Waals surface area contributed by atoms with E-state index in [9.17, 15) is 0 Å². The molecular weight excluding hydrogens is 1160 g/mol. The summed E-state index contributed by atoms with van der Waals surface area (Å²) >= 11 is 0. The van der Waals surface area contributed by atoms with Crippen LogP contribution in [-0.4, -0.2) is 24.3 Å². The predicted molar refractivity (Wildman–Crippen MR) is 401 cm³/mol. The van der Waals surface area contributed by atoms with Gasteiger partial charge in [0, 0.05) is 62.3 Å². The number of rotatable bonds is 13. The number of nitrogens with zero attached hydrogens (tertiary/aromatic N) is 9. The van der Waals surface area contributed by atoms with E-state index in [0.29, 0.717) is 23.0 Å². The summed E-state index contributed by atoms with van der Waals surface area (Å²) in [5, 5.41) is 0. The van der Waals surface area contributed by atoms with E-state index in [1.807, 2.05) is 0 Å². The van der Waals surface area contributed by atoms with Gasteiger partial charge in [-0.1, -0.05) is 210 Å². The molecule has 0 aliphatic carbocycles. The van der Waals surface area contributed by atoms with Crippen molar-refractivity contribution in [1.29, 1.82) is 0 Å². The number of nitrogen functional groups attached to an aromatic ring is 1. The second-order valence-corrected chi connectivity index (χ2v) is 31.7. The quantitative estimate of drug-likeness (QED) is 0.122. The molecule has 0 bridgehead atoms. The highest BCUT2D eigenvalue weighted by atomic mass is 15.3. The Morgan fingerprint density at radius 2 is 0.505 bits per heavy atom. The maximum Gasteiger partial charge on any atom is 0.243 e. The zero-order valence-corrected chi connectivity index (χ0v) is 59.5. The maximum absolute atomic E-state index is 7.13. The zero-order valence-electron chi connectivity index (χ0n) is 59.5. The van der Waals surface area contributed by atoms with Crippen LogP contribution in [0.2, 0.25) is 0 Å². The Morgan fingerprint density at radius 3 is 0.737 bits per heavy atom. The van der Waals surface area contributed by atoms with Crippen molar-refractivity contribution < 1.29 is 0 Å². The summed E-state index contributed by atoms with van der Waals surface area (Å²) in [7, 11) is 0. The lowest BCUT2D eigenvalue weighted by Gasteiger charge is -2.28. The smallest absolute Gasteiger partial charge is 0.243 e. The van der Waals surface area contributed by atoms with Gasteiger partial charge in [-0.25, -0.2) is 9.39 Å². The van der Waals surface area contributed by atoms with Crippen LogP contribution in [0.3, 0.4) is 0 Å². The van der Waals surface area contributed by atoms with E-state index in [4.69, 9.17) is 30.7 Å². The van der Waals surface area contributed by atoms with Crippen LogP contribution in [0.25, 0.3) is 28.6 Å². The van der Waals surface area contributed by atoms with Gasteiger partial charge in [-0.3, -0.25) is 0 Å². The van der Waals surface area contributed by atoms with Crippen molar-refractivity contribution in [3.8, 4) is 22.8 Å². The average molecular weight is 1260 g/mol. The Hall–Kier alpha value is -9.67. The summed E-state index contributed by atoms with van der Waals surface area (Å²) in [6.45, 7) is 42.5. The van der Waals surface area contributed by atoms with Gasteiger partial charge in [0.2, 0.25) is 17.3 Å². The van der Waals surface area contributed by atoms with Crippen LogP contribution in [0.4, 0.5) is 57.1 Å². The van der Waals surface area contributed by atoms with E-state index >= 15 is 0 Å². The molecule has 9 aromatic carbocycles. The highest BCUT2D eigenvalue weighted by Gasteiger charge is 2.25. The fourth-order valence-electron chi connectivity index (χ4n) is 12.0. The Balaban J connectivity index is 1.01. The fraction of sp³-hybridized carbons (Fsp3) is 0.306. The summed E-state index contributed by atoms with van der Waals surface area (Å²) in [5.74, 6) is 1.35. The lowest BCUT2D eigenvalue weighted by molar-refractivity contribution is 0.590. The molecule has 10 nitrogen and oxygen atoms in total. The van der Waals surface area contributed by atoms with Crippen LogP contribution in [-0.2, 0) is 32.5 Å². The van der Waals surface area contributed by atoms with Gasteiger partial charge >= 0.3 is 0 Å². The van der Waals surface area contributed by atoms with Crippen LogP contribution >= 0.6 is 0 Å². The zero-order chi connectivity index (χ0) is 68.2. The molecule has 0 saturated heterocycles. The van der Waals surface area contributed by atoms with E-state index in [1.165, 1.54) is 33.4 Å². The van der Waals surface area contributed by atoms with E-state index in [1.54, 1.807) is 4.40 Å². The molecular formula is C85H96N10. The standard InChI is InChI=1S/C85H96N10/c1-56(57-20-38-66(39-21-57)92(69-44-26-60(27-45-69)80(2,3)4)70-46-28-61(29-47-70)81(5,6)7)87-78-90-76(59-24-42-68(43-25-59)94(73-52-34-64(35-53-73)84(14,15)16)74-54-36-65(37-55-74)85(17,18)19)91-79-89-75(88-77(86)95(78)79)58-22-40-67(41-23-58)93(71-48-30-62(31-49-71)82(8,9)10)72-50-32-63(33-51-72)83(11,12)13/h20-56H,1-19H3,(H2,86,87,88,89,90,91). The summed E-state index contributed by atoms with van der Waals surface area (Å²) in [6.07, 6.45) is 0. The Kier molecular flexibility index (Phi) is 18.0. The molecule has 1 atom stereocenters. The van der Waals surface area contributed by atoms with Crippen LogP contribution in [0.5, 0.6) is 0 Å². The largest absolute Gasteiger partial charge is 0.369 e. The molecule has 0 saturated carbocycles. The van der Waals surface area contributed by atoms with Gasteiger partial charge in [-0.2, -0.15) is 19.9 Å². The molecule has 11 rings (SSSR count). The van der Waals surface area contributed by atoms with Gasteiger partial charge in [0.25, 0.3) is 0 Å². The number of anilines is 10. The molecule has 0 fully saturated rings. The Morgan fingerprint density at radius 1 is 0.295 bits per heavy atom. The van der Waals surface area contributed by atoms with Gasteiger partial charge in [-0.05, 0) is 212 Å². The molecule has 0 amide bonds. The number of aromatic nitrogens is 5. The minimum absolute atomic E-state index is 0.00892. The van der Waals surface area contributed by atoms with Crippen LogP contribution in [0.15, 0.2) is 223 Å². The van der Waals surface area contributed by atoms with Crippen molar-refractivity contribution in [3.63, 3.8) is 0 Å². The second-order valence-electron chi connectivity index (χ2n) is 31.7. The van der Waals surface area contributed by atoms with Crippen LogP contribution in [0, 0.1) is 0 Å². The maximum atomic E-state index is 7.13. The molecule has 0 aliphatic rings. The first-order valence-corrected chi connectivity index (χ1v) is 33.5. The van der Waals surface area contributed by atoms with Crippen molar-refractivity contribution in [2.45, 2.75) is 170 Å². The van der Waals surface area contributed by atoms with Crippen LogP contribution < -0.4 is 26.1 Å². The molecule has 10 heteroatoms. The van der Waals surface area contributed by atoms with Gasteiger partial charge in [0.1, 0.15) is 0 Å². The van der Waals surface area contributed by atoms with Gasteiger partial charge < -0.3 is 20.4 Å². The molecule has 11 aromatic rings. The van der Waals surface area contributed by atoms with Crippen molar-refractivity contribution in [2.75, 3.05) is 20.4 Å². The van der Waals surface area contributed by atoms with E-state index in [2.05, 4.69) is 365 Å². The highest BCUT2D eigenvalue weighted by molar-refractivity contribution is 5.81. The molecule has 0 aliphatic heterocycles. The average Bonchev–Trinajstić information content (AvgIpc) is 0.789. The normalized spacial score (nSPS) is 13.1. The van der Waals surface area contributed by atoms with Crippen LogP contribution in [0.1, 0.15) is 177 Å². The molecule has 2 heterocycles. The molecule has 2 aromatic heterocycles. The summed E-state index contributed by atoms with van der Waals surface area (Å²) in [5.41, 5.74) is 27.1. The Labute approximate surface area is 565 Å². The number of hydrogen-bond acceptors (Lipinski definition) is 9. The summed E-state index contributed by atoms with van der Waals surface area (Å²) in [4.78, 5) is 33.0. The van der Waals surface area contributed by atoms with Crippen molar-refractivity contribution in [1.82, 2.24) is 24.3 Å². The third-order valence-electron chi connectivity index (χ3n) is 18.1. The first kappa shape index (κ1) is 66.8. The topological polar surface area (TPSA) is 104 Å². The van der Waals surface area contributed by atoms with Crippen molar-refractivity contribution >= 4 is 62.9 Å². The second kappa shape index (κ2) is 25.6. The molecule has 0 radical (unpaired) electrons. The molecule has 2 N–H and O–H groups in total. The fourth-order valence-corrected chi connectivity index (χ4v) is 12.0. The van der Waals surface area contributed by atoms with Crippen molar-refractivity contribution in [3.05, 3.63) is 263 Å². The lowest BCUT2D eigenvalue weighted by atomic mass is 9.86. The molecule has 95 heavy (non-hydrogen) atoms. The molecule has 1 unspecified atom stereocenters. The van der Waals surface area contributed by atoms with E-state index < -0.39 is 0 Å². The summed E-state index contributed by atoms with van der Waals surface area (Å²) < 4.78 is 1.67. The molecule has 0 spiro atoms. The van der Waals surface area contributed by atoms with Crippen molar-refractivity contribution in [2.24, 2.45) is 4.99 Å². The number of nitrogens with two attached hydrogens (primary N) is 1. The minimum Gasteiger partial charge on any atom is -0.369 e. The predicted octanol–water partition coefficient (Wildman–Crippen LogP) is 22.3. The third-order valence-corrected chi connectivity index (χ3v) is 18.1. The third kappa shape index (κ3) is 14.8. The lowest BCUT2D eigenvalue weighted by Crippen LogP contribution is -2.26. The number of benzene rings is 9. The van der Waals surface area contributed by atoms with Gasteiger partial charge in [0.05, 0.1) is 6.04 Å². The number of fused-ring (bicyclic) bond motifs is 1. The van der Waals surface area contributed by atoms with E-state index in [0.717, 1.165) is 67.9 Å². The number of hydrogen-bond donors (Lipinski definition) is 1. The minimum atomic E-state index is -0.373. The highest BCUT2D eigenvalue weighted by Crippen LogP contribution is 2.42. The SMILES string of the molecule is CC(N=c1nc(-c2ccc(N(c3ccc(C(C)(C)C)cc3)c3ccc(C(C)(C)C)cc3)cc2)nc2nc(-c3ccc(N(c4ccc(C(C)(C)C)cc4)c4ccc(C(C)(C)C)cc4)cc3)nc(N)n12)c1ccc(N(c2ccc(C(C)(C)C)cc2)c2ccc(C(C)(C)C)cc2)cc1. The van der Waals surface area contributed by atoms with E-state index in [-0.39, 0.29) is 44.5 Å². The van der Waals surface area contributed by atoms with Gasteiger partial charge in [0.15, 0.2) is 11.6 Å². The monoisotopic (exact) mass is 1260 g/mol. The molecule has 486 valence electrons. The first-order valence-electron chi connectivity index (χ1n) is 33.5. The Bertz CT molecular complexity index is 4350. The summed E-state index contributed by atoms with van der Waals surface area (Å²) in [6, 6.07) is 78.5. The first-order chi connectivity index (χ1) is 44.7.